The summed E-state index contributed by atoms with van der Waals surface area (Å²) in [5.74, 6) is 0.916. The minimum Gasteiger partial charge on any atom is -0.493 e. The van der Waals surface area contributed by atoms with Crippen molar-refractivity contribution in [3.8, 4) is 5.75 Å². The number of ether oxygens (including phenoxy) is 1. The van der Waals surface area contributed by atoms with Crippen LogP contribution in [0.25, 0.3) is 10.8 Å². The van der Waals surface area contributed by atoms with E-state index in [1.165, 1.54) is 18.2 Å². The average molecular weight is 285 g/mol. The van der Waals surface area contributed by atoms with Gasteiger partial charge in [-0.05, 0) is 31.2 Å². The lowest BCUT2D eigenvalue weighted by molar-refractivity contribution is 0.143. The quantitative estimate of drug-likeness (QED) is 0.821. The van der Waals surface area contributed by atoms with Crippen molar-refractivity contribution in [1.29, 1.82) is 0 Å². The number of benzene rings is 2. The minimum atomic E-state index is -0.244. The lowest BCUT2D eigenvalue weighted by atomic mass is 9.99. The zero-order valence-electron chi connectivity index (χ0n) is 12.5. The first-order valence-corrected chi connectivity index (χ1v) is 7.69. The van der Waals surface area contributed by atoms with Crippen molar-refractivity contribution in [1.82, 2.24) is 5.32 Å². The van der Waals surface area contributed by atoms with Crippen LogP contribution in [0, 0.1) is 0 Å². The molecule has 3 heteroatoms. The van der Waals surface area contributed by atoms with Gasteiger partial charge in [0.1, 0.15) is 5.75 Å². The second-order valence-corrected chi connectivity index (χ2v) is 6.21. The monoisotopic (exact) mass is 285 g/mol. The van der Waals surface area contributed by atoms with Crippen LogP contribution in [0.1, 0.15) is 26.2 Å². The molecule has 0 saturated heterocycles. The number of aliphatic hydroxyl groups is 1. The summed E-state index contributed by atoms with van der Waals surface area (Å²) >= 11 is 0. The van der Waals surface area contributed by atoms with Gasteiger partial charge in [0.25, 0.3) is 0 Å². The van der Waals surface area contributed by atoms with Crippen LogP contribution in [0.5, 0.6) is 5.75 Å². The second kappa shape index (κ2) is 6.04. The van der Waals surface area contributed by atoms with Crippen molar-refractivity contribution in [3.63, 3.8) is 0 Å². The molecule has 2 N–H and O–H groups in total. The minimum absolute atomic E-state index is 0.141. The van der Waals surface area contributed by atoms with Crippen LogP contribution >= 0.6 is 0 Å². The molecule has 1 aliphatic rings. The fourth-order valence-corrected chi connectivity index (χ4v) is 2.63. The summed E-state index contributed by atoms with van der Waals surface area (Å²) < 4.78 is 5.97. The molecule has 0 heterocycles. The normalized spacial score (nSPS) is 17.6. The van der Waals surface area contributed by atoms with Gasteiger partial charge in [-0.1, -0.05) is 36.4 Å². The van der Waals surface area contributed by atoms with Gasteiger partial charge in [-0.15, -0.1) is 0 Å². The van der Waals surface area contributed by atoms with Gasteiger partial charge in [0.2, 0.25) is 0 Å². The fourth-order valence-electron chi connectivity index (χ4n) is 2.63. The number of hydrogen-bond donors (Lipinski definition) is 2. The first-order valence-electron chi connectivity index (χ1n) is 7.69. The molecular weight excluding hydrogens is 262 g/mol. The number of nitrogens with one attached hydrogen (secondary N) is 1. The van der Waals surface area contributed by atoms with Crippen LogP contribution in [-0.4, -0.2) is 29.9 Å². The van der Waals surface area contributed by atoms with E-state index in [2.05, 4.69) is 30.4 Å². The maximum Gasteiger partial charge on any atom is 0.127 e. The topological polar surface area (TPSA) is 41.5 Å². The molecule has 1 atom stereocenters. The molecule has 0 amide bonds. The maximum absolute atomic E-state index is 9.61. The molecular formula is C18H23NO2. The highest BCUT2D eigenvalue weighted by Gasteiger charge is 2.31. The number of aliphatic hydroxyl groups excluding tert-OH is 1. The van der Waals surface area contributed by atoms with E-state index in [0.29, 0.717) is 12.6 Å². The Balaban J connectivity index is 1.63. The second-order valence-electron chi connectivity index (χ2n) is 6.21. The lowest BCUT2D eigenvalue weighted by Crippen LogP contribution is -2.48. The van der Waals surface area contributed by atoms with E-state index in [1.807, 2.05) is 24.3 Å². The molecule has 1 aliphatic carbocycles. The van der Waals surface area contributed by atoms with Crippen LogP contribution in [0.2, 0.25) is 0 Å². The Morgan fingerprint density at radius 2 is 1.95 bits per heavy atom. The molecule has 0 spiro atoms. The molecule has 21 heavy (non-hydrogen) atoms. The van der Waals surface area contributed by atoms with Gasteiger partial charge < -0.3 is 15.2 Å². The fraction of sp³-hybridized carbons (Fsp3) is 0.444. The van der Waals surface area contributed by atoms with Crippen LogP contribution in [0.15, 0.2) is 42.5 Å². The Morgan fingerprint density at radius 3 is 2.71 bits per heavy atom. The van der Waals surface area contributed by atoms with E-state index in [-0.39, 0.29) is 12.1 Å². The Bertz CT molecular complexity index is 604. The van der Waals surface area contributed by atoms with E-state index in [9.17, 15) is 5.11 Å². The van der Waals surface area contributed by atoms with Crippen molar-refractivity contribution >= 4 is 10.8 Å². The number of hydrogen-bond acceptors (Lipinski definition) is 3. The summed E-state index contributed by atoms with van der Waals surface area (Å²) in [5.41, 5.74) is -0.244. The summed E-state index contributed by atoms with van der Waals surface area (Å²) in [7, 11) is 0. The largest absolute Gasteiger partial charge is 0.493 e. The smallest absolute Gasteiger partial charge is 0.127 e. The van der Waals surface area contributed by atoms with E-state index in [1.54, 1.807) is 0 Å². The third kappa shape index (κ3) is 3.55. The van der Waals surface area contributed by atoms with Gasteiger partial charge in [0, 0.05) is 23.4 Å². The van der Waals surface area contributed by atoms with Crippen molar-refractivity contribution in [3.05, 3.63) is 42.5 Å². The van der Waals surface area contributed by atoms with Gasteiger partial charge in [-0.2, -0.15) is 0 Å². The highest BCUT2D eigenvalue weighted by atomic mass is 16.5. The molecule has 0 bridgehead atoms. The standard InChI is InChI=1S/C18H23NO2/c1-18(13-20,19-15-9-10-15)11-12-21-17-8-4-6-14-5-2-3-7-16(14)17/h2-8,15,19-20H,9-13H2,1H3. The SMILES string of the molecule is CC(CO)(CCOc1cccc2ccccc12)NC1CC1. The van der Waals surface area contributed by atoms with E-state index in [0.717, 1.165) is 17.6 Å². The zero-order chi connectivity index (χ0) is 14.7. The first kappa shape index (κ1) is 14.4. The Kier molecular flexibility index (Phi) is 4.13. The van der Waals surface area contributed by atoms with E-state index < -0.39 is 0 Å². The Morgan fingerprint density at radius 1 is 1.19 bits per heavy atom. The molecule has 3 rings (SSSR count). The molecule has 0 aliphatic heterocycles. The van der Waals surface area contributed by atoms with Gasteiger partial charge in [0.15, 0.2) is 0 Å². The number of rotatable bonds is 7. The zero-order valence-corrected chi connectivity index (χ0v) is 12.5. The van der Waals surface area contributed by atoms with Crippen molar-refractivity contribution in [2.45, 2.75) is 37.8 Å². The highest BCUT2D eigenvalue weighted by molar-refractivity contribution is 5.88. The summed E-state index contributed by atoms with van der Waals surface area (Å²) in [6.07, 6.45) is 3.24. The van der Waals surface area contributed by atoms with Gasteiger partial charge in [-0.25, -0.2) is 0 Å². The van der Waals surface area contributed by atoms with Crippen molar-refractivity contribution in [2.75, 3.05) is 13.2 Å². The first-order chi connectivity index (χ1) is 10.2. The molecule has 1 fully saturated rings. The molecule has 3 nitrogen and oxygen atoms in total. The van der Waals surface area contributed by atoms with Crippen LogP contribution in [0.4, 0.5) is 0 Å². The predicted octanol–water partition coefficient (Wildman–Crippen LogP) is 3.11. The number of fused-ring (bicyclic) bond motifs is 1. The van der Waals surface area contributed by atoms with Crippen LogP contribution in [-0.2, 0) is 0 Å². The maximum atomic E-state index is 9.61. The summed E-state index contributed by atoms with van der Waals surface area (Å²) in [6.45, 7) is 2.81. The summed E-state index contributed by atoms with van der Waals surface area (Å²) in [5, 5.41) is 15.5. The van der Waals surface area contributed by atoms with Crippen LogP contribution in [0.3, 0.4) is 0 Å². The van der Waals surface area contributed by atoms with Crippen molar-refractivity contribution in [2.24, 2.45) is 0 Å². The third-order valence-electron chi connectivity index (χ3n) is 4.14. The highest BCUT2D eigenvalue weighted by Crippen LogP contribution is 2.27. The Hall–Kier alpha value is -1.58. The molecule has 112 valence electrons. The molecule has 0 radical (unpaired) electrons. The molecule has 0 aromatic heterocycles. The van der Waals surface area contributed by atoms with E-state index in [4.69, 9.17) is 4.74 Å². The van der Waals surface area contributed by atoms with Gasteiger partial charge >= 0.3 is 0 Å². The van der Waals surface area contributed by atoms with Gasteiger partial charge in [0.05, 0.1) is 13.2 Å². The molecule has 2 aromatic carbocycles. The van der Waals surface area contributed by atoms with Crippen LogP contribution < -0.4 is 10.1 Å². The van der Waals surface area contributed by atoms with Gasteiger partial charge in [-0.3, -0.25) is 0 Å². The van der Waals surface area contributed by atoms with Crippen molar-refractivity contribution < 1.29 is 9.84 Å². The predicted molar refractivity (Wildman–Crippen MR) is 85.7 cm³/mol. The van der Waals surface area contributed by atoms with E-state index >= 15 is 0 Å². The summed E-state index contributed by atoms with van der Waals surface area (Å²) in [4.78, 5) is 0. The lowest BCUT2D eigenvalue weighted by Gasteiger charge is -2.29. The summed E-state index contributed by atoms with van der Waals surface area (Å²) in [6, 6.07) is 14.9. The molecule has 1 saturated carbocycles. The Labute approximate surface area is 125 Å². The third-order valence-corrected chi connectivity index (χ3v) is 4.14. The molecule has 1 unspecified atom stereocenters. The average Bonchev–Trinajstić information content (AvgIpc) is 3.31. The molecule has 2 aromatic rings.